The van der Waals surface area contributed by atoms with Crippen molar-refractivity contribution in [2.45, 2.75) is 19.8 Å². The van der Waals surface area contributed by atoms with Crippen LogP contribution in [0.5, 0.6) is 0 Å². The molecule has 0 bridgehead atoms. The highest BCUT2D eigenvalue weighted by molar-refractivity contribution is 7.85. The van der Waals surface area contributed by atoms with Crippen molar-refractivity contribution in [3.8, 4) is 0 Å². The molecule has 4 nitrogen and oxygen atoms in total. The zero-order valence-corrected chi connectivity index (χ0v) is 11.2. The molecule has 0 unspecified atom stereocenters. The van der Waals surface area contributed by atoms with E-state index in [0.717, 1.165) is 11.3 Å². The first-order valence-electron chi connectivity index (χ1n) is 5.34. The molecule has 0 aromatic heterocycles. The fourth-order valence-corrected chi connectivity index (χ4v) is 2.09. The molecule has 0 aliphatic carbocycles. The second-order valence-electron chi connectivity index (χ2n) is 3.88. The maximum Gasteiger partial charge on any atom is 0.264 e. The molecule has 96 valence electrons. The first-order chi connectivity index (χ1) is 7.88. The van der Waals surface area contributed by atoms with Crippen LogP contribution >= 0.6 is 11.6 Å². The van der Waals surface area contributed by atoms with Gasteiger partial charge in [-0.2, -0.15) is 8.42 Å². The van der Waals surface area contributed by atoms with Crippen molar-refractivity contribution in [1.82, 2.24) is 0 Å². The molecule has 6 heteroatoms. The van der Waals surface area contributed by atoms with E-state index in [-0.39, 0.29) is 5.75 Å². The van der Waals surface area contributed by atoms with Gasteiger partial charge in [0.25, 0.3) is 10.1 Å². The molecule has 0 spiro atoms. The first-order valence-corrected chi connectivity index (χ1v) is 7.32. The van der Waals surface area contributed by atoms with Gasteiger partial charge in [-0.25, -0.2) is 0 Å². The topological polar surface area (TPSA) is 66.4 Å². The van der Waals surface area contributed by atoms with Crippen LogP contribution < -0.4 is 5.32 Å². The van der Waals surface area contributed by atoms with Gasteiger partial charge in [0, 0.05) is 17.3 Å². The predicted octanol–water partition coefficient (Wildman–Crippen LogP) is 2.73. The van der Waals surface area contributed by atoms with E-state index in [2.05, 4.69) is 5.32 Å². The Morgan fingerprint density at radius 2 is 2.06 bits per heavy atom. The Kier molecular flexibility index (Phi) is 5.24. The predicted molar refractivity (Wildman–Crippen MR) is 70.3 cm³/mol. The van der Waals surface area contributed by atoms with E-state index in [4.69, 9.17) is 16.2 Å². The van der Waals surface area contributed by atoms with E-state index in [1.54, 1.807) is 0 Å². The molecular weight excluding hydrogens is 262 g/mol. The van der Waals surface area contributed by atoms with Gasteiger partial charge in [-0.15, -0.1) is 0 Å². The lowest BCUT2D eigenvalue weighted by Crippen LogP contribution is -2.07. The summed E-state index contributed by atoms with van der Waals surface area (Å²) in [4.78, 5) is 0. The van der Waals surface area contributed by atoms with Gasteiger partial charge in [-0.3, -0.25) is 4.55 Å². The van der Waals surface area contributed by atoms with E-state index >= 15 is 0 Å². The van der Waals surface area contributed by atoms with Crippen LogP contribution in [0.15, 0.2) is 18.2 Å². The van der Waals surface area contributed by atoms with E-state index < -0.39 is 10.1 Å². The summed E-state index contributed by atoms with van der Waals surface area (Å²) >= 11 is 5.96. The van der Waals surface area contributed by atoms with Crippen molar-refractivity contribution in [2.75, 3.05) is 17.6 Å². The first kappa shape index (κ1) is 14.3. The van der Waals surface area contributed by atoms with Gasteiger partial charge < -0.3 is 5.32 Å². The molecule has 0 aliphatic heterocycles. The smallest absolute Gasteiger partial charge is 0.264 e. The van der Waals surface area contributed by atoms with E-state index in [1.807, 2.05) is 25.1 Å². The number of unbranched alkanes of at least 4 members (excludes halogenated alkanes) is 1. The summed E-state index contributed by atoms with van der Waals surface area (Å²) in [5, 5.41) is 3.84. The highest BCUT2D eigenvalue weighted by Gasteiger charge is 2.03. The maximum atomic E-state index is 10.5. The van der Waals surface area contributed by atoms with Gasteiger partial charge in [-0.05, 0) is 37.5 Å². The molecule has 0 saturated heterocycles. The third-order valence-electron chi connectivity index (χ3n) is 2.33. The standard InChI is InChI=1S/C11H16ClNO3S/c1-9-4-5-10(8-11(9)12)13-6-2-3-7-17(14,15)16/h4-5,8,13H,2-3,6-7H2,1H3,(H,14,15,16). The Labute approximate surface area is 107 Å². The molecule has 0 amide bonds. The van der Waals surface area contributed by atoms with Crippen LogP contribution in [0, 0.1) is 6.92 Å². The lowest BCUT2D eigenvalue weighted by atomic mass is 10.2. The summed E-state index contributed by atoms with van der Waals surface area (Å²) in [7, 11) is -3.83. The van der Waals surface area contributed by atoms with Crippen molar-refractivity contribution in [3.63, 3.8) is 0 Å². The fraction of sp³-hybridized carbons (Fsp3) is 0.455. The average Bonchev–Trinajstić information content (AvgIpc) is 2.21. The summed E-state index contributed by atoms with van der Waals surface area (Å²) < 4.78 is 29.5. The molecule has 0 heterocycles. The molecule has 1 aromatic rings. The third kappa shape index (κ3) is 5.91. The van der Waals surface area contributed by atoms with Crippen LogP contribution in [0.3, 0.4) is 0 Å². The minimum absolute atomic E-state index is 0.191. The van der Waals surface area contributed by atoms with Crippen molar-refractivity contribution in [2.24, 2.45) is 0 Å². The molecular formula is C11H16ClNO3S. The summed E-state index contributed by atoms with van der Waals surface area (Å²) in [6.45, 7) is 2.58. The largest absolute Gasteiger partial charge is 0.385 e. The Morgan fingerprint density at radius 3 is 2.65 bits per heavy atom. The van der Waals surface area contributed by atoms with Gasteiger partial charge in [0.05, 0.1) is 5.75 Å². The molecule has 2 N–H and O–H groups in total. The quantitative estimate of drug-likeness (QED) is 0.620. The highest BCUT2D eigenvalue weighted by Crippen LogP contribution is 2.19. The van der Waals surface area contributed by atoms with Crippen LogP contribution in [0.2, 0.25) is 5.02 Å². The number of rotatable bonds is 6. The Bertz CT molecular complexity index is 474. The molecule has 0 saturated carbocycles. The van der Waals surface area contributed by atoms with E-state index in [0.29, 0.717) is 24.4 Å². The minimum atomic E-state index is -3.83. The number of hydrogen-bond donors (Lipinski definition) is 2. The second kappa shape index (κ2) is 6.23. The highest BCUT2D eigenvalue weighted by atomic mass is 35.5. The van der Waals surface area contributed by atoms with Crippen LogP contribution in [0.25, 0.3) is 0 Å². The summed E-state index contributed by atoms with van der Waals surface area (Å²) in [5.41, 5.74) is 1.93. The van der Waals surface area contributed by atoms with E-state index in [1.165, 1.54) is 0 Å². The third-order valence-corrected chi connectivity index (χ3v) is 3.54. The maximum absolute atomic E-state index is 10.5. The number of anilines is 1. The molecule has 0 radical (unpaired) electrons. The Hall–Kier alpha value is -0.780. The Morgan fingerprint density at radius 1 is 1.35 bits per heavy atom. The normalized spacial score (nSPS) is 11.5. The molecule has 0 atom stereocenters. The van der Waals surface area contributed by atoms with Crippen LogP contribution in [-0.2, 0) is 10.1 Å². The minimum Gasteiger partial charge on any atom is -0.385 e. The number of nitrogens with one attached hydrogen (secondary N) is 1. The Balaban J connectivity index is 2.29. The molecule has 1 aromatic carbocycles. The zero-order chi connectivity index (χ0) is 12.9. The zero-order valence-electron chi connectivity index (χ0n) is 9.61. The summed E-state index contributed by atoms with van der Waals surface area (Å²) in [5.74, 6) is -0.191. The van der Waals surface area contributed by atoms with E-state index in [9.17, 15) is 8.42 Å². The molecule has 17 heavy (non-hydrogen) atoms. The average molecular weight is 278 g/mol. The lowest BCUT2D eigenvalue weighted by molar-refractivity contribution is 0.480. The molecule has 0 fully saturated rings. The van der Waals surface area contributed by atoms with Gasteiger partial charge in [0.2, 0.25) is 0 Å². The van der Waals surface area contributed by atoms with Crippen molar-refractivity contribution in [1.29, 1.82) is 0 Å². The SMILES string of the molecule is Cc1ccc(NCCCCS(=O)(=O)O)cc1Cl. The van der Waals surface area contributed by atoms with Gasteiger partial charge in [0.15, 0.2) is 0 Å². The van der Waals surface area contributed by atoms with Crippen molar-refractivity contribution < 1.29 is 13.0 Å². The summed E-state index contributed by atoms with van der Waals surface area (Å²) in [6.07, 6.45) is 1.11. The van der Waals surface area contributed by atoms with Crippen LogP contribution in [-0.4, -0.2) is 25.3 Å². The van der Waals surface area contributed by atoms with Gasteiger partial charge >= 0.3 is 0 Å². The van der Waals surface area contributed by atoms with Crippen LogP contribution in [0.4, 0.5) is 5.69 Å². The fourth-order valence-electron chi connectivity index (χ4n) is 1.35. The monoisotopic (exact) mass is 277 g/mol. The summed E-state index contributed by atoms with van der Waals surface area (Å²) in [6, 6.07) is 5.67. The number of aryl methyl sites for hydroxylation is 1. The number of benzene rings is 1. The second-order valence-corrected chi connectivity index (χ2v) is 5.86. The number of halogens is 1. The van der Waals surface area contributed by atoms with Crippen molar-refractivity contribution in [3.05, 3.63) is 28.8 Å². The van der Waals surface area contributed by atoms with Crippen LogP contribution in [0.1, 0.15) is 18.4 Å². The lowest BCUT2D eigenvalue weighted by Gasteiger charge is -2.07. The molecule has 1 rings (SSSR count). The number of hydrogen-bond acceptors (Lipinski definition) is 3. The van der Waals surface area contributed by atoms with Crippen molar-refractivity contribution >= 4 is 27.4 Å². The molecule has 0 aliphatic rings. The van der Waals surface area contributed by atoms with Gasteiger partial charge in [0.1, 0.15) is 0 Å². The van der Waals surface area contributed by atoms with Gasteiger partial charge in [-0.1, -0.05) is 17.7 Å².